The van der Waals surface area contributed by atoms with Gasteiger partial charge in [-0.15, -0.1) is 0 Å². The van der Waals surface area contributed by atoms with Gasteiger partial charge in [-0.3, -0.25) is 0 Å². The topological polar surface area (TPSA) is 50.8 Å². The highest BCUT2D eigenvalue weighted by Crippen LogP contribution is 2.20. The minimum Gasteiger partial charge on any atom is -0.373 e. The standard InChI is InChI=1S/C17H15N3/c1-20(17-9-5-6-14(10-17)11-18)13-16(12-19)15-7-3-2-4-8-15/h2-10,16H,13H2,1H3. The predicted molar refractivity (Wildman–Crippen MR) is 79.2 cm³/mol. The summed E-state index contributed by atoms with van der Waals surface area (Å²) in [5, 5.41) is 18.3. The Kier molecular flexibility index (Phi) is 4.37. The molecule has 0 saturated heterocycles. The Balaban J connectivity index is 2.16. The second-order valence-electron chi connectivity index (χ2n) is 4.64. The Labute approximate surface area is 119 Å². The molecule has 0 radical (unpaired) electrons. The second kappa shape index (κ2) is 6.41. The van der Waals surface area contributed by atoms with E-state index in [0.29, 0.717) is 12.1 Å². The maximum Gasteiger partial charge on any atom is 0.0992 e. The van der Waals surface area contributed by atoms with E-state index in [4.69, 9.17) is 5.26 Å². The Morgan fingerprint density at radius 1 is 1.05 bits per heavy atom. The number of rotatable bonds is 4. The summed E-state index contributed by atoms with van der Waals surface area (Å²) < 4.78 is 0. The fourth-order valence-corrected chi connectivity index (χ4v) is 2.10. The van der Waals surface area contributed by atoms with E-state index in [1.807, 2.05) is 60.5 Å². The van der Waals surface area contributed by atoms with Crippen molar-refractivity contribution in [3.63, 3.8) is 0 Å². The lowest BCUT2D eigenvalue weighted by atomic mass is 10.00. The average molecular weight is 261 g/mol. The summed E-state index contributed by atoms with van der Waals surface area (Å²) in [6.45, 7) is 0.593. The van der Waals surface area contributed by atoms with Crippen LogP contribution < -0.4 is 4.90 Å². The molecule has 1 unspecified atom stereocenters. The van der Waals surface area contributed by atoms with Gasteiger partial charge in [-0.05, 0) is 23.8 Å². The van der Waals surface area contributed by atoms with Crippen LogP contribution in [0.1, 0.15) is 17.0 Å². The van der Waals surface area contributed by atoms with E-state index in [2.05, 4.69) is 12.1 Å². The molecule has 0 N–H and O–H groups in total. The van der Waals surface area contributed by atoms with E-state index in [9.17, 15) is 5.26 Å². The Bertz CT molecular complexity index is 650. The molecule has 2 aromatic rings. The molecule has 1 atom stereocenters. The molecule has 2 aromatic carbocycles. The lowest BCUT2D eigenvalue weighted by Crippen LogP contribution is -2.23. The highest BCUT2D eigenvalue weighted by atomic mass is 15.1. The van der Waals surface area contributed by atoms with Crippen LogP contribution in [0.2, 0.25) is 0 Å². The first kappa shape index (κ1) is 13.6. The Morgan fingerprint density at radius 3 is 2.45 bits per heavy atom. The molecule has 0 saturated carbocycles. The predicted octanol–water partition coefficient (Wildman–Crippen LogP) is 3.30. The van der Waals surface area contributed by atoms with Gasteiger partial charge in [-0.1, -0.05) is 36.4 Å². The number of benzene rings is 2. The van der Waals surface area contributed by atoms with Crippen molar-refractivity contribution in [2.75, 3.05) is 18.5 Å². The van der Waals surface area contributed by atoms with Crippen molar-refractivity contribution >= 4 is 5.69 Å². The number of hydrogen-bond acceptors (Lipinski definition) is 3. The first-order valence-electron chi connectivity index (χ1n) is 6.40. The Morgan fingerprint density at radius 2 is 1.80 bits per heavy atom. The summed E-state index contributed by atoms with van der Waals surface area (Å²) in [5.41, 5.74) is 2.58. The minimum absolute atomic E-state index is 0.188. The summed E-state index contributed by atoms with van der Waals surface area (Å²) in [5.74, 6) is -0.188. The van der Waals surface area contributed by atoms with Crippen LogP contribution in [0, 0.1) is 22.7 Å². The summed E-state index contributed by atoms with van der Waals surface area (Å²) >= 11 is 0. The molecular formula is C17H15N3. The third-order valence-corrected chi connectivity index (χ3v) is 3.23. The largest absolute Gasteiger partial charge is 0.373 e. The van der Waals surface area contributed by atoms with Crippen molar-refractivity contribution in [3.05, 3.63) is 65.7 Å². The summed E-state index contributed by atoms with van der Waals surface area (Å²) in [7, 11) is 1.93. The molecule has 0 aliphatic rings. The highest BCUT2D eigenvalue weighted by Gasteiger charge is 2.13. The average Bonchev–Trinajstić information content (AvgIpc) is 2.53. The minimum atomic E-state index is -0.188. The normalized spacial score (nSPS) is 11.2. The lowest BCUT2D eigenvalue weighted by Gasteiger charge is -2.22. The van der Waals surface area contributed by atoms with Crippen LogP contribution in [-0.4, -0.2) is 13.6 Å². The van der Waals surface area contributed by atoms with E-state index < -0.39 is 0 Å². The highest BCUT2D eigenvalue weighted by molar-refractivity contribution is 5.51. The molecule has 3 heteroatoms. The van der Waals surface area contributed by atoms with Crippen LogP contribution >= 0.6 is 0 Å². The molecule has 0 heterocycles. The zero-order valence-electron chi connectivity index (χ0n) is 11.3. The molecule has 0 aromatic heterocycles. The summed E-state index contributed by atoms with van der Waals surface area (Å²) in [4.78, 5) is 2.00. The smallest absolute Gasteiger partial charge is 0.0992 e. The van der Waals surface area contributed by atoms with E-state index in [1.165, 1.54) is 0 Å². The van der Waals surface area contributed by atoms with Crippen molar-refractivity contribution in [2.24, 2.45) is 0 Å². The molecule has 0 bridgehead atoms. The molecule has 0 amide bonds. The van der Waals surface area contributed by atoms with Gasteiger partial charge in [0.1, 0.15) is 0 Å². The molecule has 0 spiro atoms. The van der Waals surface area contributed by atoms with Crippen LogP contribution in [0.4, 0.5) is 5.69 Å². The van der Waals surface area contributed by atoms with Gasteiger partial charge in [0.15, 0.2) is 0 Å². The molecular weight excluding hydrogens is 246 g/mol. The molecule has 2 rings (SSSR count). The van der Waals surface area contributed by atoms with Crippen molar-refractivity contribution in [1.29, 1.82) is 10.5 Å². The van der Waals surface area contributed by atoms with Crippen molar-refractivity contribution in [2.45, 2.75) is 5.92 Å². The first-order chi connectivity index (χ1) is 9.74. The van der Waals surface area contributed by atoms with Crippen LogP contribution in [0.15, 0.2) is 54.6 Å². The van der Waals surface area contributed by atoms with Gasteiger partial charge in [0, 0.05) is 19.3 Å². The third kappa shape index (κ3) is 3.16. The second-order valence-corrected chi connectivity index (χ2v) is 4.64. The maximum absolute atomic E-state index is 9.35. The molecule has 20 heavy (non-hydrogen) atoms. The molecule has 0 aliphatic heterocycles. The maximum atomic E-state index is 9.35. The van der Waals surface area contributed by atoms with Crippen LogP contribution in [0.25, 0.3) is 0 Å². The van der Waals surface area contributed by atoms with E-state index in [1.54, 1.807) is 6.07 Å². The molecule has 0 fully saturated rings. The summed E-state index contributed by atoms with van der Waals surface area (Å²) in [6.07, 6.45) is 0. The number of hydrogen-bond donors (Lipinski definition) is 0. The number of nitrogens with zero attached hydrogens (tertiary/aromatic N) is 3. The zero-order chi connectivity index (χ0) is 14.4. The Hall–Kier alpha value is -2.78. The number of nitriles is 2. The van der Waals surface area contributed by atoms with E-state index in [-0.39, 0.29) is 5.92 Å². The third-order valence-electron chi connectivity index (χ3n) is 3.23. The summed E-state index contributed by atoms with van der Waals surface area (Å²) in [6, 6.07) is 21.6. The SMILES string of the molecule is CN(CC(C#N)c1ccccc1)c1cccc(C#N)c1. The van der Waals surface area contributed by atoms with Gasteiger partial charge in [0.2, 0.25) is 0 Å². The van der Waals surface area contributed by atoms with Crippen LogP contribution in [0.3, 0.4) is 0 Å². The zero-order valence-corrected chi connectivity index (χ0v) is 11.3. The first-order valence-corrected chi connectivity index (χ1v) is 6.40. The van der Waals surface area contributed by atoms with Gasteiger partial charge >= 0.3 is 0 Å². The quantitative estimate of drug-likeness (QED) is 0.848. The van der Waals surface area contributed by atoms with Gasteiger partial charge in [0.25, 0.3) is 0 Å². The molecule has 3 nitrogen and oxygen atoms in total. The van der Waals surface area contributed by atoms with Gasteiger partial charge < -0.3 is 4.90 Å². The van der Waals surface area contributed by atoms with Crippen LogP contribution in [-0.2, 0) is 0 Å². The monoisotopic (exact) mass is 261 g/mol. The van der Waals surface area contributed by atoms with Crippen molar-refractivity contribution < 1.29 is 0 Å². The van der Waals surface area contributed by atoms with Crippen molar-refractivity contribution in [3.8, 4) is 12.1 Å². The van der Waals surface area contributed by atoms with E-state index >= 15 is 0 Å². The molecule has 0 aliphatic carbocycles. The fraction of sp³-hybridized carbons (Fsp3) is 0.176. The number of likely N-dealkylation sites (N-methyl/N-ethyl adjacent to an activating group) is 1. The van der Waals surface area contributed by atoms with Crippen LogP contribution in [0.5, 0.6) is 0 Å². The van der Waals surface area contributed by atoms with E-state index in [0.717, 1.165) is 11.3 Å². The van der Waals surface area contributed by atoms with Gasteiger partial charge in [-0.2, -0.15) is 10.5 Å². The van der Waals surface area contributed by atoms with Gasteiger partial charge in [-0.25, -0.2) is 0 Å². The van der Waals surface area contributed by atoms with Crippen molar-refractivity contribution in [1.82, 2.24) is 0 Å². The van der Waals surface area contributed by atoms with Gasteiger partial charge in [0.05, 0.1) is 23.6 Å². The molecule has 98 valence electrons. The lowest BCUT2D eigenvalue weighted by molar-refractivity contribution is 0.803. The fourth-order valence-electron chi connectivity index (χ4n) is 2.10. The number of anilines is 1.